The Hall–Kier alpha value is -3.97. The van der Waals surface area contributed by atoms with Gasteiger partial charge in [-0.1, -0.05) is 29.3 Å². The quantitative estimate of drug-likeness (QED) is 0.250. The van der Waals surface area contributed by atoms with E-state index >= 15 is 0 Å². The minimum atomic E-state index is -1.85. The second-order valence-corrected chi connectivity index (χ2v) is 10.5. The van der Waals surface area contributed by atoms with E-state index in [4.69, 9.17) is 27.9 Å². The molecule has 0 radical (unpaired) electrons. The number of hydrogen-bond donors (Lipinski definition) is 3. The van der Waals surface area contributed by atoms with Gasteiger partial charge in [0.15, 0.2) is 0 Å². The maximum Gasteiger partial charge on any atom is 0.333 e. The molecule has 14 heteroatoms. The number of amides is 2. The van der Waals surface area contributed by atoms with Gasteiger partial charge in [-0.25, -0.2) is 28.3 Å². The standard InChI is InChI=1S/C28H27Cl2F2N7O3/c29-19-1-8-26(24(30)13-19)35-27(40)36-38-11-9-37(10-12-38)21-3-5-22(6-4-21)42-16-28(41,15-39-18-33-17-34-39)23-7-2-20(31)14-25(23)32/h1-8,13-14,17-18,41H,9-12,15-16H2,(H2,35,36,40). The van der Waals surface area contributed by atoms with Crippen molar-refractivity contribution >= 4 is 40.6 Å². The van der Waals surface area contributed by atoms with E-state index in [-0.39, 0.29) is 18.7 Å². The van der Waals surface area contributed by atoms with Crippen LogP contribution >= 0.6 is 23.2 Å². The number of aromatic nitrogens is 3. The molecule has 1 aromatic heterocycles. The van der Waals surface area contributed by atoms with Crippen molar-refractivity contribution in [1.29, 1.82) is 0 Å². The number of halogens is 4. The maximum atomic E-state index is 14.6. The number of nitrogens with zero attached hydrogens (tertiary/aromatic N) is 5. The topological polar surface area (TPSA) is 108 Å². The molecule has 220 valence electrons. The van der Waals surface area contributed by atoms with Gasteiger partial charge >= 0.3 is 6.03 Å². The highest BCUT2D eigenvalue weighted by molar-refractivity contribution is 6.36. The number of benzene rings is 3. The summed E-state index contributed by atoms with van der Waals surface area (Å²) in [6.07, 6.45) is 2.68. The molecule has 1 saturated heterocycles. The van der Waals surface area contributed by atoms with Crippen molar-refractivity contribution in [2.75, 3.05) is 43.0 Å². The summed E-state index contributed by atoms with van der Waals surface area (Å²) in [6.45, 7) is 2.00. The number of hydrogen-bond acceptors (Lipinski definition) is 7. The molecule has 1 fully saturated rings. The lowest BCUT2D eigenvalue weighted by atomic mass is 9.94. The highest BCUT2D eigenvalue weighted by Crippen LogP contribution is 2.29. The first kappa shape index (κ1) is 29.5. The molecule has 1 atom stereocenters. The molecule has 0 aliphatic carbocycles. The maximum absolute atomic E-state index is 14.6. The molecule has 4 aromatic rings. The Morgan fingerprint density at radius 2 is 1.79 bits per heavy atom. The minimum Gasteiger partial charge on any atom is -0.490 e. The average Bonchev–Trinajstić information content (AvgIpc) is 3.47. The van der Waals surface area contributed by atoms with Crippen LogP contribution in [0.25, 0.3) is 0 Å². The Morgan fingerprint density at radius 1 is 1.02 bits per heavy atom. The van der Waals surface area contributed by atoms with E-state index in [2.05, 4.69) is 25.7 Å². The molecule has 3 N–H and O–H groups in total. The summed E-state index contributed by atoms with van der Waals surface area (Å²) in [5.74, 6) is -1.19. The number of urea groups is 1. The predicted octanol–water partition coefficient (Wildman–Crippen LogP) is 4.69. The minimum absolute atomic E-state index is 0.118. The van der Waals surface area contributed by atoms with Crippen molar-refractivity contribution in [3.8, 4) is 5.75 Å². The van der Waals surface area contributed by atoms with Gasteiger partial charge < -0.3 is 20.1 Å². The zero-order chi connectivity index (χ0) is 29.7. The van der Waals surface area contributed by atoms with Crippen molar-refractivity contribution in [3.63, 3.8) is 0 Å². The molecule has 1 aliphatic rings. The van der Waals surface area contributed by atoms with Crippen LogP contribution in [0, 0.1) is 11.6 Å². The van der Waals surface area contributed by atoms with Crippen LogP contribution in [0.15, 0.2) is 73.3 Å². The monoisotopic (exact) mass is 617 g/mol. The number of piperazine rings is 1. The smallest absolute Gasteiger partial charge is 0.333 e. The molecule has 3 aromatic carbocycles. The lowest BCUT2D eigenvalue weighted by molar-refractivity contribution is -0.0297. The lowest BCUT2D eigenvalue weighted by Crippen LogP contribution is -2.54. The highest BCUT2D eigenvalue weighted by atomic mass is 35.5. The third-order valence-corrected chi connectivity index (χ3v) is 7.27. The van der Waals surface area contributed by atoms with Gasteiger partial charge in [-0.05, 0) is 48.5 Å². The van der Waals surface area contributed by atoms with Crippen LogP contribution in [0.1, 0.15) is 5.56 Å². The first-order valence-electron chi connectivity index (χ1n) is 12.9. The van der Waals surface area contributed by atoms with Gasteiger partial charge in [-0.2, -0.15) is 5.10 Å². The normalized spacial score (nSPS) is 15.2. The van der Waals surface area contributed by atoms with Crippen LogP contribution in [-0.2, 0) is 12.1 Å². The lowest BCUT2D eigenvalue weighted by Gasteiger charge is -2.36. The first-order valence-corrected chi connectivity index (χ1v) is 13.7. The number of ether oxygens (including phenoxy) is 1. The molecular formula is C28H27Cl2F2N7O3. The summed E-state index contributed by atoms with van der Waals surface area (Å²) >= 11 is 12.0. The van der Waals surface area contributed by atoms with E-state index in [0.717, 1.165) is 11.8 Å². The molecule has 2 amide bonds. The Morgan fingerprint density at radius 3 is 2.45 bits per heavy atom. The van der Waals surface area contributed by atoms with E-state index in [0.29, 0.717) is 53.7 Å². The summed E-state index contributed by atoms with van der Waals surface area (Å²) < 4.78 is 35.4. The molecule has 0 spiro atoms. The van der Waals surface area contributed by atoms with Crippen molar-refractivity contribution in [2.45, 2.75) is 12.1 Å². The van der Waals surface area contributed by atoms with E-state index < -0.39 is 23.3 Å². The summed E-state index contributed by atoms with van der Waals surface area (Å²) in [6, 6.07) is 14.7. The fourth-order valence-electron chi connectivity index (χ4n) is 4.57. The summed E-state index contributed by atoms with van der Waals surface area (Å²) in [7, 11) is 0. The Bertz CT molecular complexity index is 1520. The van der Waals surface area contributed by atoms with Crippen molar-refractivity contribution in [2.24, 2.45) is 0 Å². The Kier molecular flexibility index (Phi) is 9.07. The zero-order valence-corrected chi connectivity index (χ0v) is 23.7. The van der Waals surface area contributed by atoms with Crippen LogP contribution in [0.3, 0.4) is 0 Å². The Labute approximate surface area is 250 Å². The third-order valence-electron chi connectivity index (χ3n) is 6.72. The molecule has 1 aliphatic heterocycles. The third kappa shape index (κ3) is 7.26. The summed E-state index contributed by atoms with van der Waals surface area (Å²) in [5, 5.41) is 20.7. The van der Waals surface area contributed by atoms with Crippen molar-refractivity contribution in [1.82, 2.24) is 25.2 Å². The fraction of sp³-hybridized carbons (Fsp3) is 0.250. The second-order valence-electron chi connectivity index (χ2n) is 9.70. The molecule has 0 saturated carbocycles. The van der Waals surface area contributed by atoms with E-state index in [1.807, 2.05) is 17.1 Å². The van der Waals surface area contributed by atoms with Gasteiger partial charge in [0.2, 0.25) is 0 Å². The molecule has 0 bridgehead atoms. The van der Waals surface area contributed by atoms with Crippen LogP contribution in [0.2, 0.25) is 10.0 Å². The predicted molar refractivity (Wildman–Crippen MR) is 155 cm³/mol. The number of carbonyl (C=O) groups is 1. The number of hydrazine groups is 1. The first-order chi connectivity index (χ1) is 20.2. The van der Waals surface area contributed by atoms with Gasteiger partial charge in [-0.3, -0.25) is 5.43 Å². The zero-order valence-electron chi connectivity index (χ0n) is 22.2. The number of nitrogens with one attached hydrogen (secondary N) is 2. The summed E-state index contributed by atoms with van der Waals surface area (Å²) in [4.78, 5) is 18.4. The van der Waals surface area contributed by atoms with Crippen LogP contribution in [-0.4, -0.2) is 63.7 Å². The van der Waals surface area contributed by atoms with E-state index in [1.54, 1.807) is 30.3 Å². The molecule has 2 heterocycles. The molecule has 10 nitrogen and oxygen atoms in total. The van der Waals surface area contributed by atoms with Gasteiger partial charge in [0.05, 0.1) is 17.3 Å². The fourth-order valence-corrected chi connectivity index (χ4v) is 5.03. The van der Waals surface area contributed by atoms with Crippen molar-refractivity contribution in [3.05, 3.63) is 101 Å². The number of carbonyl (C=O) groups excluding carboxylic acids is 1. The molecule has 42 heavy (non-hydrogen) atoms. The van der Waals surface area contributed by atoms with Crippen LogP contribution in [0.4, 0.5) is 25.0 Å². The van der Waals surface area contributed by atoms with E-state index in [1.165, 1.54) is 23.4 Å². The molecule has 1 unspecified atom stereocenters. The van der Waals surface area contributed by atoms with Crippen molar-refractivity contribution < 1.29 is 23.4 Å². The molecule has 5 rings (SSSR count). The van der Waals surface area contributed by atoms with Gasteiger partial charge in [0.25, 0.3) is 0 Å². The number of anilines is 2. The number of rotatable bonds is 9. The SMILES string of the molecule is O=C(Nc1ccc(Cl)cc1Cl)NN1CCN(c2ccc(OCC(O)(Cn3cncn3)c3ccc(F)cc3F)cc2)CC1. The largest absolute Gasteiger partial charge is 0.490 e. The van der Waals surface area contributed by atoms with E-state index in [9.17, 15) is 18.7 Å². The van der Waals surface area contributed by atoms with Gasteiger partial charge in [-0.15, -0.1) is 0 Å². The average molecular weight is 618 g/mol. The number of aliphatic hydroxyl groups is 1. The highest BCUT2D eigenvalue weighted by Gasteiger charge is 2.35. The van der Waals surface area contributed by atoms with Crippen LogP contribution in [0.5, 0.6) is 5.75 Å². The van der Waals surface area contributed by atoms with Crippen LogP contribution < -0.4 is 20.4 Å². The second kappa shape index (κ2) is 12.9. The summed E-state index contributed by atoms with van der Waals surface area (Å²) in [5.41, 5.74) is 2.26. The Balaban J connectivity index is 1.15. The van der Waals surface area contributed by atoms with Gasteiger partial charge in [0, 0.05) is 48.5 Å². The van der Waals surface area contributed by atoms with Gasteiger partial charge in [0.1, 0.15) is 42.2 Å². The molecular weight excluding hydrogens is 591 g/mol.